The van der Waals surface area contributed by atoms with Crippen LogP contribution in [-0.4, -0.2) is 12.6 Å². The van der Waals surface area contributed by atoms with Gasteiger partial charge in [-0.2, -0.15) is 0 Å². The first-order chi connectivity index (χ1) is 7.86. The fraction of sp³-hybridized carbons (Fsp3) is 0.364. The zero-order chi connectivity index (χ0) is 13.2. The topological polar surface area (TPSA) is 26.3 Å². The first kappa shape index (κ1) is 13.5. The molecule has 0 fully saturated rings. The predicted molar refractivity (Wildman–Crippen MR) is 51.3 cm³/mol. The highest BCUT2D eigenvalue weighted by Gasteiger charge is 2.22. The number of esters is 1. The van der Waals surface area contributed by atoms with Crippen LogP contribution in [0.25, 0.3) is 0 Å². The zero-order valence-corrected chi connectivity index (χ0v) is 9.24. The van der Waals surface area contributed by atoms with E-state index < -0.39 is 29.2 Å². The normalized spacial score (nSPS) is 10.5. The van der Waals surface area contributed by atoms with Crippen LogP contribution in [0, 0.1) is 30.2 Å². The lowest BCUT2D eigenvalue weighted by Gasteiger charge is -2.10. The summed E-state index contributed by atoms with van der Waals surface area (Å²) in [5.74, 6) is -7.16. The molecule has 0 bridgehead atoms. The van der Waals surface area contributed by atoms with Crippen LogP contribution in [0.5, 0.6) is 0 Å². The van der Waals surface area contributed by atoms with Gasteiger partial charge in [0.05, 0.1) is 6.61 Å². The summed E-state index contributed by atoms with van der Waals surface area (Å²) in [7, 11) is 0. The molecule has 0 spiro atoms. The van der Waals surface area contributed by atoms with E-state index in [0.29, 0.717) is 0 Å². The van der Waals surface area contributed by atoms with Crippen molar-refractivity contribution in [3.63, 3.8) is 0 Å². The van der Waals surface area contributed by atoms with Crippen LogP contribution < -0.4 is 0 Å². The smallest absolute Gasteiger partial charge is 0.302 e. The highest BCUT2D eigenvalue weighted by atomic mass is 19.2. The van der Waals surface area contributed by atoms with E-state index in [2.05, 4.69) is 4.74 Å². The van der Waals surface area contributed by atoms with Gasteiger partial charge in [-0.3, -0.25) is 4.79 Å². The van der Waals surface area contributed by atoms with Crippen molar-refractivity contribution < 1.29 is 27.1 Å². The molecule has 94 valence electrons. The minimum absolute atomic E-state index is 0.217. The van der Waals surface area contributed by atoms with Crippen molar-refractivity contribution in [3.05, 3.63) is 34.4 Å². The van der Waals surface area contributed by atoms with E-state index in [1.807, 2.05) is 0 Å². The van der Waals surface area contributed by atoms with Crippen molar-refractivity contribution >= 4 is 5.97 Å². The summed E-state index contributed by atoms with van der Waals surface area (Å²) in [5.41, 5.74) is -0.656. The molecule has 1 aromatic carbocycles. The number of ether oxygens (including phenoxy) is 1. The first-order valence-corrected chi connectivity index (χ1v) is 4.81. The van der Waals surface area contributed by atoms with Crippen LogP contribution in [0.15, 0.2) is 0 Å². The number of carbonyl (C=O) groups excluding carboxylic acids is 1. The fourth-order valence-electron chi connectivity index (χ4n) is 1.38. The zero-order valence-electron chi connectivity index (χ0n) is 9.24. The van der Waals surface area contributed by atoms with E-state index in [9.17, 15) is 22.4 Å². The van der Waals surface area contributed by atoms with Gasteiger partial charge in [-0.25, -0.2) is 17.6 Å². The van der Waals surface area contributed by atoms with Gasteiger partial charge in [0, 0.05) is 18.9 Å². The van der Waals surface area contributed by atoms with Gasteiger partial charge in [-0.15, -0.1) is 0 Å². The predicted octanol–water partition coefficient (Wildman–Crippen LogP) is 2.66. The monoisotopic (exact) mass is 250 g/mol. The van der Waals surface area contributed by atoms with Crippen LogP contribution in [0.1, 0.15) is 18.1 Å². The van der Waals surface area contributed by atoms with E-state index in [0.717, 1.165) is 13.8 Å². The Bertz CT molecular complexity index is 428. The summed E-state index contributed by atoms with van der Waals surface area (Å²) in [4.78, 5) is 10.5. The van der Waals surface area contributed by atoms with Gasteiger partial charge in [0.25, 0.3) is 0 Å². The molecule has 0 aliphatic carbocycles. The van der Waals surface area contributed by atoms with Crippen molar-refractivity contribution in [1.82, 2.24) is 0 Å². The number of carbonyl (C=O) groups is 1. The largest absolute Gasteiger partial charge is 0.466 e. The number of benzene rings is 1. The standard InChI is InChI=1S/C11H10F4O2/c1-5-7(3-4-17-6(2)16)9(13)11(15)10(14)8(5)12/h3-4H2,1-2H3. The van der Waals surface area contributed by atoms with Gasteiger partial charge in [-0.05, 0) is 12.5 Å². The van der Waals surface area contributed by atoms with Gasteiger partial charge in [0.1, 0.15) is 0 Å². The molecule has 17 heavy (non-hydrogen) atoms. The average Bonchev–Trinajstić information content (AvgIpc) is 2.28. The Kier molecular flexibility index (Phi) is 4.09. The lowest BCUT2D eigenvalue weighted by molar-refractivity contribution is -0.140. The molecule has 1 rings (SSSR count). The van der Waals surface area contributed by atoms with E-state index in [4.69, 9.17) is 0 Å². The minimum atomic E-state index is -1.86. The van der Waals surface area contributed by atoms with Crippen molar-refractivity contribution in [2.75, 3.05) is 6.61 Å². The Balaban J connectivity index is 3.03. The summed E-state index contributed by atoms with van der Waals surface area (Å²) in [6.07, 6.45) is -0.217. The second kappa shape index (κ2) is 5.16. The molecule has 0 saturated heterocycles. The molecular weight excluding hydrogens is 240 g/mol. The van der Waals surface area contributed by atoms with Crippen molar-refractivity contribution in [1.29, 1.82) is 0 Å². The molecular formula is C11H10F4O2. The minimum Gasteiger partial charge on any atom is -0.466 e. The van der Waals surface area contributed by atoms with Crippen molar-refractivity contribution in [2.24, 2.45) is 0 Å². The number of rotatable bonds is 3. The molecule has 0 aliphatic rings. The van der Waals surface area contributed by atoms with Crippen molar-refractivity contribution in [3.8, 4) is 0 Å². The Morgan fingerprint density at radius 3 is 2.12 bits per heavy atom. The number of halogens is 4. The van der Waals surface area contributed by atoms with Gasteiger partial charge in [0.2, 0.25) is 0 Å². The molecule has 0 N–H and O–H groups in total. The van der Waals surface area contributed by atoms with E-state index in [1.54, 1.807) is 0 Å². The molecule has 1 aromatic rings. The van der Waals surface area contributed by atoms with Gasteiger partial charge >= 0.3 is 5.97 Å². The van der Waals surface area contributed by atoms with Gasteiger partial charge in [0.15, 0.2) is 23.3 Å². The highest BCUT2D eigenvalue weighted by molar-refractivity contribution is 5.65. The molecule has 0 aromatic heterocycles. The van der Waals surface area contributed by atoms with Crippen LogP contribution in [-0.2, 0) is 16.0 Å². The maximum absolute atomic E-state index is 13.3. The highest BCUT2D eigenvalue weighted by Crippen LogP contribution is 2.23. The third kappa shape index (κ3) is 2.75. The Morgan fingerprint density at radius 1 is 1.06 bits per heavy atom. The Labute approximate surface area is 95.2 Å². The quantitative estimate of drug-likeness (QED) is 0.357. The van der Waals surface area contributed by atoms with Gasteiger partial charge < -0.3 is 4.74 Å². The summed E-state index contributed by atoms with van der Waals surface area (Å²) in [6, 6.07) is 0. The molecule has 0 saturated carbocycles. The number of hydrogen-bond donors (Lipinski definition) is 0. The summed E-state index contributed by atoms with van der Waals surface area (Å²) < 4.78 is 56.7. The summed E-state index contributed by atoms with van der Waals surface area (Å²) >= 11 is 0. The second-order valence-electron chi connectivity index (χ2n) is 3.45. The lowest BCUT2D eigenvalue weighted by Crippen LogP contribution is -2.10. The molecule has 0 amide bonds. The summed E-state index contributed by atoms with van der Waals surface area (Å²) in [6.45, 7) is 2.05. The number of hydrogen-bond acceptors (Lipinski definition) is 2. The Morgan fingerprint density at radius 2 is 1.59 bits per heavy atom. The van der Waals surface area contributed by atoms with E-state index >= 15 is 0 Å². The van der Waals surface area contributed by atoms with Gasteiger partial charge in [-0.1, -0.05) is 0 Å². The van der Waals surface area contributed by atoms with Crippen LogP contribution in [0.2, 0.25) is 0 Å². The average molecular weight is 250 g/mol. The lowest BCUT2D eigenvalue weighted by atomic mass is 10.0. The molecule has 0 radical (unpaired) electrons. The van der Waals surface area contributed by atoms with E-state index in [1.165, 1.54) is 0 Å². The fourth-order valence-corrected chi connectivity index (χ4v) is 1.38. The van der Waals surface area contributed by atoms with Crippen LogP contribution >= 0.6 is 0 Å². The Hall–Kier alpha value is -1.59. The maximum atomic E-state index is 13.3. The molecule has 0 aliphatic heterocycles. The molecule has 0 unspecified atom stereocenters. The van der Waals surface area contributed by atoms with Crippen LogP contribution in [0.3, 0.4) is 0 Å². The van der Waals surface area contributed by atoms with Crippen LogP contribution in [0.4, 0.5) is 17.6 Å². The second-order valence-corrected chi connectivity index (χ2v) is 3.45. The van der Waals surface area contributed by atoms with Crippen molar-refractivity contribution in [2.45, 2.75) is 20.3 Å². The SMILES string of the molecule is CC(=O)OCCc1c(C)c(F)c(F)c(F)c1F. The maximum Gasteiger partial charge on any atom is 0.302 e. The third-order valence-electron chi connectivity index (χ3n) is 2.28. The third-order valence-corrected chi connectivity index (χ3v) is 2.28. The molecule has 2 nitrogen and oxygen atoms in total. The summed E-state index contributed by atoms with van der Waals surface area (Å²) in [5, 5.41) is 0. The molecule has 6 heteroatoms. The molecule has 0 heterocycles. The molecule has 0 atom stereocenters. The van der Waals surface area contributed by atoms with E-state index in [-0.39, 0.29) is 24.2 Å². The first-order valence-electron chi connectivity index (χ1n) is 4.81.